The summed E-state index contributed by atoms with van der Waals surface area (Å²) in [5, 5.41) is 3.68. The second kappa shape index (κ2) is 6.34. The Kier molecular flexibility index (Phi) is 4.22. The van der Waals surface area contributed by atoms with E-state index in [0.29, 0.717) is 12.1 Å². The number of thiophene rings is 1. The zero-order valence-electron chi connectivity index (χ0n) is 13.4. The lowest BCUT2D eigenvalue weighted by Crippen LogP contribution is -2.62. The van der Waals surface area contributed by atoms with Gasteiger partial charge in [0.05, 0.1) is 4.88 Å². The van der Waals surface area contributed by atoms with Crippen molar-refractivity contribution >= 4 is 28.5 Å². The molecule has 3 aliphatic heterocycles. The Labute approximate surface area is 147 Å². The van der Waals surface area contributed by atoms with Gasteiger partial charge in [0.25, 0.3) is 0 Å². The number of nitrogens with one attached hydrogen (secondary N) is 1. The summed E-state index contributed by atoms with van der Waals surface area (Å²) in [5.41, 5.74) is 1.27. The number of piperidine rings is 3. The quantitative estimate of drug-likeness (QED) is 0.843. The average molecular weight is 343 g/mol. The third-order valence-electron chi connectivity index (χ3n) is 5.36. The fourth-order valence-electron chi connectivity index (χ4n) is 3.99. The Morgan fingerprint density at radius 3 is 2.57 bits per heavy atom. The van der Waals surface area contributed by atoms with Crippen molar-refractivity contribution in [3.05, 3.63) is 47.3 Å². The van der Waals surface area contributed by atoms with Crippen LogP contribution in [0.2, 0.25) is 0 Å². The Bertz CT molecular complexity index is 684. The minimum atomic E-state index is 0.507. The van der Waals surface area contributed by atoms with Crippen molar-refractivity contribution in [2.24, 2.45) is 5.92 Å². The first kappa shape index (κ1) is 15.3. The van der Waals surface area contributed by atoms with Crippen LogP contribution in [0.15, 0.2) is 42.5 Å². The highest BCUT2D eigenvalue weighted by Gasteiger charge is 2.40. The number of hydrogen-bond acceptors (Lipinski definition) is 3. The van der Waals surface area contributed by atoms with E-state index in [1.165, 1.54) is 41.2 Å². The first-order valence-electron chi connectivity index (χ1n) is 8.42. The van der Waals surface area contributed by atoms with Crippen LogP contribution >= 0.6 is 23.6 Å². The minimum absolute atomic E-state index is 0.507. The Hall–Kier alpha value is -1.23. The Morgan fingerprint density at radius 2 is 1.87 bits per heavy atom. The molecule has 1 N–H and O–H groups in total. The third kappa shape index (κ3) is 2.95. The van der Waals surface area contributed by atoms with Gasteiger partial charge in [-0.05, 0) is 56.5 Å². The number of fused-ring (bicyclic) bond motifs is 3. The highest BCUT2D eigenvalue weighted by molar-refractivity contribution is 7.81. The molecule has 0 radical (unpaired) electrons. The summed E-state index contributed by atoms with van der Waals surface area (Å²) in [4.78, 5) is 5.99. The molecule has 120 valence electrons. The number of thiocarbonyl (C=S) groups is 1. The predicted octanol–water partition coefficient (Wildman–Crippen LogP) is 4.16. The molecule has 4 heterocycles. The van der Waals surface area contributed by atoms with E-state index in [0.717, 1.165) is 10.9 Å². The highest BCUT2D eigenvalue weighted by Crippen LogP contribution is 2.33. The molecule has 2 nitrogen and oxygen atoms in total. The fourth-order valence-corrected chi connectivity index (χ4v) is 5.23. The SMILES string of the molecule is C[C@@H]1[C@H](NC(=S)c2ccc(-c3ccccc3)s2)C2CCN1CC2. The summed E-state index contributed by atoms with van der Waals surface area (Å²) in [7, 11) is 0. The summed E-state index contributed by atoms with van der Waals surface area (Å²) in [5.74, 6) is 0.779. The molecular weight excluding hydrogens is 320 g/mol. The summed E-state index contributed by atoms with van der Waals surface area (Å²) in [6.45, 7) is 4.86. The lowest BCUT2D eigenvalue weighted by molar-refractivity contribution is 0.0303. The molecular formula is C19H22N2S2. The summed E-state index contributed by atoms with van der Waals surface area (Å²) >= 11 is 7.50. The number of rotatable bonds is 3. The number of nitrogens with zero attached hydrogens (tertiary/aromatic N) is 1. The maximum absolute atomic E-state index is 5.71. The van der Waals surface area contributed by atoms with E-state index in [1.54, 1.807) is 11.3 Å². The summed E-state index contributed by atoms with van der Waals surface area (Å²) in [6.07, 6.45) is 2.62. The molecule has 3 fully saturated rings. The van der Waals surface area contributed by atoms with Crippen molar-refractivity contribution in [3.63, 3.8) is 0 Å². The van der Waals surface area contributed by atoms with Gasteiger partial charge in [0, 0.05) is 17.0 Å². The monoisotopic (exact) mass is 342 g/mol. The average Bonchev–Trinajstić information content (AvgIpc) is 3.09. The Balaban J connectivity index is 1.49. The molecule has 0 unspecified atom stereocenters. The molecule has 2 atom stereocenters. The third-order valence-corrected chi connectivity index (χ3v) is 6.98. The number of hydrogen-bond donors (Lipinski definition) is 1. The maximum atomic E-state index is 5.71. The molecule has 23 heavy (non-hydrogen) atoms. The minimum Gasteiger partial charge on any atom is -0.371 e. The molecule has 0 saturated carbocycles. The van der Waals surface area contributed by atoms with Crippen molar-refractivity contribution in [1.82, 2.24) is 10.2 Å². The number of benzene rings is 1. The van der Waals surface area contributed by atoms with Crippen molar-refractivity contribution in [2.75, 3.05) is 13.1 Å². The van der Waals surface area contributed by atoms with Gasteiger partial charge in [-0.15, -0.1) is 11.3 Å². The molecule has 1 aromatic heterocycles. The van der Waals surface area contributed by atoms with Crippen LogP contribution in [-0.4, -0.2) is 35.1 Å². The first-order chi connectivity index (χ1) is 11.2. The van der Waals surface area contributed by atoms with E-state index in [-0.39, 0.29) is 0 Å². The smallest absolute Gasteiger partial charge is 0.117 e. The molecule has 2 bridgehead atoms. The van der Waals surface area contributed by atoms with Crippen molar-refractivity contribution in [3.8, 4) is 10.4 Å². The van der Waals surface area contributed by atoms with E-state index < -0.39 is 0 Å². The van der Waals surface area contributed by atoms with Gasteiger partial charge in [0.2, 0.25) is 0 Å². The molecule has 4 heteroatoms. The standard InChI is InChI=1S/C19H22N2S2/c1-13-18(15-9-11-21(13)12-10-15)20-19(22)17-8-7-16(23-17)14-5-3-2-4-6-14/h2-8,13,15,18H,9-12H2,1H3,(H,20,22)/t13-,18+/m1/s1. The van der Waals surface area contributed by atoms with Crippen LogP contribution in [0.5, 0.6) is 0 Å². The van der Waals surface area contributed by atoms with Crippen LogP contribution in [0.3, 0.4) is 0 Å². The zero-order chi connectivity index (χ0) is 15.8. The van der Waals surface area contributed by atoms with E-state index >= 15 is 0 Å². The second-order valence-corrected chi connectivity index (χ2v) is 8.14. The van der Waals surface area contributed by atoms with Crippen LogP contribution in [0.1, 0.15) is 24.6 Å². The van der Waals surface area contributed by atoms with Gasteiger partial charge >= 0.3 is 0 Å². The zero-order valence-corrected chi connectivity index (χ0v) is 15.0. The van der Waals surface area contributed by atoms with Crippen molar-refractivity contribution < 1.29 is 0 Å². The molecule has 1 aromatic carbocycles. The second-order valence-electron chi connectivity index (χ2n) is 6.64. The summed E-state index contributed by atoms with van der Waals surface area (Å²) in [6, 6.07) is 16.0. The molecule has 2 aromatic rings. The molecule has 3 aliphatic rings. The molecule has 0 spiro atoms. The molecule has 0 amide bonds. The summed E-state index contributed by atoms with van der Waals surface area (Å²) < 4.78 is 0. The van der Waals surface area contributed by atoms with Crippen LogP contribution in [0, 0.1) is 5.92 Å². The predicted molar refractivity (Wildman–Crippen MR) is 102 cm³/mol. The van der Waals surface area contributed by atoms with E-state index in [4.69, 9.17) is 12.2 Å². The largest absolute Gasteiger partial charge is 0.371 e. The van der Waals surface area contributed by atoms with Gasteiger partial charge < -0.3 is 5.32 Å². The van der Waals surface area contributed by atoms with E-state index in [2.05, 4.69) is 59.6 Å². The lowest BCUT2D eigenvalue weighted by Gasteiger charge is -2.50. The molecule has 0 aliphatic carbocycles. The van der Waals surface area contributed by atoms with Crippen molar-refractivity contribution in [2.45, 2.75) is 31.8 Å². The van der Waals surface area contributed by atoms with E-state index in [9.17, 15) is 0 Å². The lowest BCUT2D eigenvalue weighted by atomic mass is 9.79. The van der Waals surface area contributed by atoms with Crippen LogP contribution in [0.25, 0.3) is 10.4 Å². The highest BCUT2D eigenvalue weighted by atomic mass is 32.1. The van der Waals surface area contributed by atoms with Gasteiger partial charge in [0.15, 0.2) is 0 Å². The molecule has 3 saturated heterocycles. The van der Waals surface area contributed by atoms with Gasteiger partial charge in [-0.2, -0.15) is 0 Å². The van der Waals surface area contributed by atoms with Crippen LogP contribution in [0.4, 0.5) is 0 Å². The van der Waals surface area contributed by atoms with Crippen molar-refractivity contribution in [1.29, 1.82) is 0 Å². The van der Waals surface area contributed by atoms with Gasteiger partial charge in [-0.3, -0.25) is 4.90 Å². The maximum Gasteiger partial charge on any atom is 0.117 e. The van der Waals surface area contributed by atoms with E-state index in [1.807, 2.05) is 0 Å². The fraction of sp³-hybridized carbons (Fsp3) is 0.421. The topological polar surface area (TPSA) is 15.3 Å². The Morgan fingerprint density at radius 1 is 1.13 bits per heavy atom. The normalized spacial score (nSPS) is 29.4. The first-order valence-corrected chi connectivity index (χ1v) is 9.65. The van der Waals surface area contributed by atoms with Gasteiger partial charge in [-0.1, -0.05) is 42.5 Å². The van der Waals surface area contributed by atoms with Crippen LogP contribution < -0.4 is 5.32 Å². The molecule has 5 rings (SSSR count). The van der Waals surface area contributed by atoms with Crippen LogP contribution in [-0.2, 0) is 0 Å². The van der Waals surface area contributed by atoms with Gasteiger partial charge in [0.1, 0.15) is 4.99 Å². The van der Waals surface area contributed by atoms with Gasteiger partial charge in [-0.25, -0.2) is 0 Å².